The van der Waals surface area contributed by atoms with Gasteiger partial charge in [0.15, 0.2) is 0 Å². The van der Waals surface area contributed by atoms with Gasteiger partial charge in [0, 0.05) is 25.2 Å². The molecule has 0 aliphatic rings. The first-order valence-corrected chi connectivity index (χ1v) is 9.10. The lowest BCUT2D eigenvalue weighted by Crippen LogP contribution is -2.28. The summed E-state index contributed by atoms with van der Waals surface area (Å²) in [4.78, 5) is 26.5. The van der Waals surface area contributed by atoms with Gasteiger partial charge in [0.05, 0.1) is 11.3 Å². The van der Waals surface area contributed by atoms with Crippen LogP contribution in [0, 0.1) is 6.92 Å². The molecule has 2 aromatic rings. The maximum absolute atomic E-state index is 12.6. The second-order valence-corrected chi connectivity index (χ2v) is 6.66. The van der Waals surface area contributed by atoms with Gasteiger partial charge in [0.2, 0.25) is 0 Å². The molecular formula is C21H28N4O2. The third-order valence-electron chi connectivity index (χ3n) is 4.25. The van der Waals surface area contributed by atoms with Gasteiger partial charge >= 0.3 is 0 Å². The summed E-state index contributed by atoms with van der Waals surface area (Å²) in [6, 6.07) is 12.7. The van der Waals surface area contributed by atoms with E-state index in [9.17, 15) is 9.59 Å². The van der Waals surface area contributed by atoms with Crippen LogP contribution >= 0.6 is 0 Å². The fourth-order valence-electron chi connectivity index (χ4n) is 2.81. The van der Waals surface area contributed by atoms with Crippen molar-refractivity contribution in [1.82, 2.24) is 10.2 Å². The highest BCUT2D eigenvalue weighted by molar-refractivity contribution is 6.08. The van der Waals surface area contributed by atoms with Crippen molar-refractivity contribution < 1.29 is 9.59 Å². The third-order valence-corrected chi connectivity index (χ3v) is 4.25. The topological polar surface area (TPSA) is 87.5 Å². The van der Waals surface area contributed by atoms with E-state index in [0.717, 1.165) is 37.3 Å². The standard InChI is InChI=1S/C21H28N4O2/c1-4-23-10-11-25(3)14-16-6-5-7-17(13-16)21(27)24-19-9-8-15(2)12-18(19)20(22)26/h5-9,12-13,23H,4,10-11,14H2,1-3H3,(H2,22,26)(H,24,27). The van der Waals surface area contributed by atoms with Crippen LogP contribution in [0.2, 0.25) is 0 Å². The molecule has 0 saturated carbocycles. The molecule has 0 aliphatic heterocycles. The van der Waals surface area contributed by atoms with Crippen LogP contribution in [0.3, 0.4) is 0 Å². The van der Waals surface area contributed by atoms with Crippen LogP contribution in [0.1, 0.15) is 38.8 Å². The van der Waals surface area contributed by atoms with Gasteiger partial charge in [0.1, 0.15) is 0 Å². The van der Waals surface area contributed by atoms with E-state index in [0.29, 0.717) is 16.8 Å². The van der Waals surface area contributed by atoms with E-state index in [1.54, 1.807) is 18.2 Å². The zero-order chi connectivity index (χ0) is 19.8. The van der Waals surface area contributed by atoms with Crippen LogP contribution < -0.4 is 16.4 Å². The molecule has 0 saturated heterocycles. The molecular weight excluding hydrogens is 340 g/mol. The van der Waals surface area contributed by atoms with Crippen molar-refractivity contribution >= 4 is 17.5 Å². The maximum Gasteiger partial charge on any atom is 0.255 e. The number of nitrogens with zero attached hydrogens (tertiary/aromatic N) is 1. The van der Waals surface area contributed by atoms with E-state index < -0.39 is 5.91 Å². The maximum atomic E-state index is 12.6. The number of hydrogen-bond donors (Lipinski definition) is 3. The lowest BCUT2D eigenvalue weighted by atomic mass is 10.1. The number of carbonyl (C=O) groups excluding carboxylic acids is 2. The Morgan fingerprint density at radius 3 is 2.63 bits per heavy atom. The predicted molar refractivity (Wildman–Crippen MR) is 109 cm³/mol. The Labute approximate surface area is 160 Å². The smallest absolute Gasteiger partial charge is 0.255 e. The Bertz CT molecular complexity index is 805. The van der Waals surface area contributed by atoms with Crippen LogP contribution in [0.4, 0.5) is 5.69 Å². The number of nitrogens with one attached hydrogen (secondary N) is 2. The number of nitrogens with two attached hydrogens (primary N) is 1. The molecule has 0 aromatic heterocycles. The van der Waals surface area contributed by atoms with Crippen molar-refractivity contribution in [2.24, 2.45) is 5.73 Å². The fraction of sp³-hybridized carbons (Fsp3) is 0.333. The highest BCUT2D eigenvalue weighted by Crippen LogP contribution is 2.18. The van der Waals surface area contributed by atoms with Crippen LogP contribution in [-0.2, 0) is 6.54 Å². The summed E-state index contributed by atoms with van der Waals surface area (Å²) in [7, 11) is 2.05. The average molecular weight is 368 g/mol. The number of carbonyl (C=O) groups is 2. The molecule has 2 rings (SSSR count). The number of aryl methyl sites for hydroxylation is 1. The largest absolute Gasteiger partial charge is 0.366 e. The molecule has 0 spiro atoms. The molecule has 0 radical (unpaired) electrons. The summed E-state index contributed by atoms with van der Waals surface area (Å²) in [6.07, 6.45) is 0. The van der Waals surface area contributed by atoms with Crippen molar-refractivity contribution in [3.05, 3.63) is 64.7 Å². The Kier molecular flexibility index (Phi) is 7.52. The SMILES string of the molecule is CCNCCN(C)Cc1cccc(C(=O)Nc2ccc(C)cc2C(N)=O)c1. The minimum atomic E-state index is -0.565. The van der Waals surface area contributed by atoms with Gasteiger partial charge in [-0.05, 0) is 50.3 Å². The van der Waals surface area contributed by atoms with E-state index in [1.807, 2.05) is 31.2 Å². The average Bonchev–Trinajstić information content (AvgIpc) is 2.63. The van der Waals surface area contributed by atoms with E-state index in [1.165, 1.54) is 0 Å². The summed E-state index contributed by atoms with van der Waals surface area (Å²) >= 11 is 0. The van der Waals surface area contributed by atoms with Gasteiger partial charge < -0.3 is 21.3 Å². The zero-order valence-electron chi connectivity index (χ0n) is 16.2. The van der Waals surface area contributed by atoms with Crippen molar-refractivity contribution in [2.75, 3.05) is 32.0 Å². The molecule has 27 heavy (non-hydrogen) atoms. The molecule has 2 aromatic carbocycles. The molecule has 144 valence electrons. The molecule has 0 fully saturated rings. The second-order valence-electron chi connectivity index (χ2n) is 6.66. The Balaban J connectivity index is 2.08. The highest BCUT2D eigenvalue weighted by atomic mass is 16.2. The lowest BCUT2D eigenvalue weighted by molar-refractivity contribution is 0.100. The fourth-order valence-corrected chi connectivity index (χ4v) is 2.81. The monoisotopic (exact) mass is 368 g/mol. The van der Waals surface area contributed by atoms with E-state index in [4.69, 9.17) is 5.73 Å². The van der Waals surface area contributed by atoms with Crippen LogP contribution in [0.25, 0.3) is 0 Å². The molecule has 0 atom stereocenters. The molecule has 0 bridgehead atoms. The van der Waals surface area contributed by atoms with Crippen molar-refractivity contribution in [3.8, 4) is 0 Å². The van der Waals surface area contributed by atoms with E-state index in [-0.39, 0.29) is 5.91 Å². The first-order chi connectivity index (χ1) is 12.9. The Hall–Kier alpha value is -2.70. The van der Waals surface area contributed by atoms with Crippen molar-refractivity contribution in [2.45, 2.75) is 20.4 Å². The van der Waals surface area contributed by atoms with Gasteiger partial charge in [-0.15, -0.1) is 0 Å². The predicted octanol–water partition coefficient (Wildman–Crippen LogP) is 2.39. The van der Waals surface area contributed by atoms with Crippen LogP contribution in [0.5, 0.6) is 0 Å². The molecule has 0 aliphatic carbocycles. The number of anilines is 1. The lowest BCUT2D eigenvalue weighted by Gasteiger charge is -2.17. The Morgan fingerprint density at radius 2 is 1.93 bits per heavy atom. The Morgan fingerprint density at radius 1 is 1.15 bits per heavy atom. The summed E-state index contributed by atoms with van der Waals surface area (Å²) < 4.78 is 0. The normalized spacial score (nSPS) is 10.8. The van der Waals surface area contributed by atoms with Gasteiger partial charge in [-0.1, -0.05) is 30.7 Å². The molecule has 6 heteroatoms. The number of amides is 2. The summed E-state index contributed by atoms with van der Waals surface area (Å²) in [5.74, 6) is -0.830. The first kappa shape index (κ1) is 20.6. The number of benzene rings is 2. The summed E-state index contributed by atoms with van der Waals surface area (Å²) in [6.45, 7) is 7.51. The van der Waals surface area contributed by atoms with Crippen molar-refractivity contribution in [1.29, 1.82) is 0 Å². The summed E-state index contributed by atoms with van der Waals surface area (Å²) in [5, 5.41) is 6.09. The first-order valence-electron chi connectivity index (χ1n) is 9.10. The second kappa shape index (κ2) is 9.85. The number of likely N-dealkylation sites (N-methyl/N-ethyl adjacent to an activating group) is 2. The molecule has 0 heterocycles. The van der Waals surface area contributed by atoms with Crippen LogP contribution in [0.15, 0.2) is 42.5 Å². The van der Waals surface area contributed by atoms with Crippen molar-refractivity contribution in [3.63, 3.8) is 0 Å². The quantitative estimate of drug-likeness (QED) is 0.593. The molecule has 2 amide bonds. The van der Waals surface area contributed by atoms with Gasteiger partial charge in [-0.3, -0.25) is 9.59 Å². The van der Waals surface area contributed by atoms with Gasteiger partial charge in [-0.25, -0.2) is 0 Å². The van der Waals surface area contributed by atoms with Crippen LogP contribution in [-0.4, -0.2) is 43.4 Å². The molecule has 6 nitrogen and oxygen atoms in total. The highest BCUT2D eigenvalue weighted by Gasteiger charge is 2.13. The van der Waals surface area contributed by atoms with Gasteiger partial charge in [0.25, 0.3) is 11.8 Å². The summed E-state index contributed by atoms with van der Waals surface area (Å²) in [5.41, 5.74) is 8.66. The number of hydrogen-bond acceptors (Lipinski definition) is 4. The van der Waals surface area contributed by atoms with E-state index >= 15 is 0 Å². The third kappa shape index (κ3) is 6.20. The molecule has 0 unspecified atom stereocenters. The van der Waals surface area contributed by atoms with Gasteiger partial charge in [-0.2, -0.15) is 0 Å². The number of primary amides is 1. The minimum Gasteiger partial charge on any atom is -0.366 e. The zero-order valence-corrected chi connectivity index (χ0v) is 16.2. The molecule has 4 N–H and O–H groups in total. The number of rotatable bonds is 9. The van der Waals surface area contributed by atoms with E-state index in [2.05, 4.69) is 29.5 Å². The minimum absolute atomic E-state index is 0.265.